The van der Waals surface area contributed by atoms with Crippen molar-refractivity contribution in [1.82, 2.24) is 24.5 Å². The van der Waals surface area contributed by atoms with Gasteiger partial charge in [-0.2, -0.15) is 9.40 Å². The highest BCUT2D eigenvalue weighted by atomic mass is 32.2. The third kappa shape index (κ3) is 2.80. The summed E-state index contributed by atoms with van der Waals surface area (Å²) < 4.78 is 32.0. The van der Waals surface area contributed by atoms with Crippen LogP contribution in [0.3, 0.4) is 0 Å². The van der Waals surface area contributed by atoms with Crippen molar-refractivity contribution < 1.29 is 13.2 Å². The number of ether oxygens (including phenoxy) is 1. The maximum Gasteiger partial charge on any atom is 0.246 e. The van der Waals surface area contributed by atoms with E-state index in [1.54, 1.807) is 13.0 Å². The molecule has 0 aromatic carbocycles. The minimum atomic E-state index is -3.59. The average molecular weight is 324 g/mol. The molecule has 0 aliphatic carbocycles. The van der Waals surface area contributed by atoms with E-state index >= 15 is 0 Å². The second-order valence-corrected chi connectivity index (χ2v) is 6.86. The van der Waals surface area contributed by atoms with E-state index in [1.807, 2.05) is 0 Å². The van der Waals surface area contributed by atoms with Crippen LogP contribution < -0.4 is 5.73 Å². The highest BCUT2D eigenvalue weighted by Crippen LogP contribution is 2.25. The lowest BCUT2D eigenvalue weighted by Crippen LogP contribution is -2.42. The van der Waals surface area contributed by atoms with E-state index in [0.717, 1.165) is 0 Å². The number of aromatic nitrogens is 4. The molecule has 3 rings (SSSR count). The molecule has 3 N–H and O–H groups in total. The largest absolute Gasteiger partial charge is 0.384 e. The molecule has 1 saturated heterocycles. The lowest BCUT2D eigenvalue weighted by atomic mass is 10.2. The molecule has 0 amide bonds. The quantitative estimate of drug-likeness (QED) is 0.804. The summed E-state index contributed by atoms with van der Waals surface area (Å²) in [5.41, 5.74) is 6.29. The molecule has 1 fully saturated rings. The number of aryl methyl sites for hydroxylation is 1. The maximum absolute atomic E-state index is 12.5. The molecule has 118 valence electrons. The number of nitrogens with zero attached hydrogens (tertiary/aromatic N) is 4. The van der Waals surface area contributed by atoms with E-state index in [9.17, 15) is 8.42 Å². The Bertz CT molecular complexity index is 741. The Morgan fingerprint density at radius 2 is 2.27 bits per heavy atom. The predicted octanol–water partition coefficient (Wildman–Crippen LogP) is -0.147. The second-order valence-electron chi connectivity index (χ2n) is 4.92. The molecule has 0 saturated carbocycles. The normalized spacial score (nSPS) is 20.1. The fraction of sp³-hybridized carbons (Fsp3) is 0.417. The smallest absolute Gasteiger partial charge is 0.246 e. The van der Waals surface area contributed by atoms with Crippen LogP contribution in [-0.2, 0) is 14.8 Å². The molecule has 0 radical (unpaired) electrons. The first-order valence-corrected chi connectivity index (χ1v) is 8.12. The van der Waals surface area contributed by atoms with E-state index in [0.29, 0.717) is 17.3 Å². The first-order chi connectivity index (χ1) is 10.5. The van der Waals surface area contributed by atoms with Gasteiger partial charge in [0.05, 0.1) is 18.5 Å². The third-order valence-corrected chi connectivity index (χ3v) is 5.18. The van der Waals surface area contributed by atoms with Gasteiger partial charge in [-0.25, -0.2) is 18.4 Å². The fourth-order valence-electron chi connectivity index (χ4n) is 2.33. The Morgan fingerprint density at radius 1 is 1.45 bits per heavy atom. The fourth-order valence-corrected chi connectivity index (χ4v) is 3.66. The monoisotopic (exact) mass is 324 g/mol. The van der Waals surface area contributed by atoms with Crippen LogP contribution in [0.5, 0.6) is 0 Å². The number of nitrogens with one attached hydrogen (secondary N) is 1. The number of sulfonamides is 1. The first kappa shape index (κ1) is 14.9. The lowest BCUT2D eigenvalue weighted by molar-refractivity contribution is -0.00504. The number of H-pyrrole nitrogens is 1. The Labute approximate surface area is 127 Å². The van der Waals surface area contributed by atoms with Crippen LogP contribution >= 0.6 is 0 Å². The zero-order valence-corrected chi connectivity index (χ0v) is 12.7. The van der Waals surface area contributed by atoms with Gasteiger partial charge >= 0.3 is 0 Å². The molecule has 1 aliphatic rings. The van der Waals surface area contributed by atoms with Gasteiger partial charge in [-0.3, -0.25) is 5.10 Å². The van der Waals surface area contributed by atoms with Crippen LogP contribution in [0.2, 0.25) is 0 Å². The molecular formula is C12H16N6O3S. The van der Waals surface area contributed by atoms with Gasteiger partial charge in [0, 0.05) is 25.4 Å². The highest BCUT2D eigenvalue weighted by Gasteiger charge is 2.32. The molecule has 3 heterocycles. The number of nitrogens with two attached hydrogens (primary N) is 1. The number of aromatic amines is 1. The Kier molecular flexibility index (Phi) is 3.81. The number of nitrogen functional groups attached to an aromatic ring is 1. The number of anilines is 1. The second kappa shape index (κ2) is 5.63. The molecule has 10 heteroatoms. The van der Waals surface area contributed by atoms with Gasteiger partial charge in [-0.1, -0.05) is 0 Å². The minimum absolute atomic E-state index is 0.131. The van der Waals surface area contributed by atoms with Gasteiger partial charge in [0.2, 0.25) is 10.0 Å². The summed E-state index contributed by atoms with van der Waals surface area (Å²) in [6, 6.07) is 1.60. The van der Waals surface area contributed by atoms with Crippen molar-refractivity contribution in [2.75, 3.05) is 25.4 Å². The molecule has 1 unspecified atom stereocenters. The third-order valence-electron chi connectivity index (χ3n) is 3.35. The zero-order valence-electron chi connectivity index (χ0n) is 11.9. The summed E-state index contributed by atoms with van der Waals surface area (Å²) in [7, 11) is -3.59. The highest BCUT2D eigenvalue weighted by molar-refractivity contribution is 7.89. The van der Waals surface area contributed by atoms with Crippen LogP contribution in [0.4, 0.5) is 5.82 Å². The molecule has 0 spiro atoms. The van der Waals surface area contributed by atoms with Crippen LogP contribution in [0.25, 0.3) is 0 Å². The van der Waals surface area contributed by atoms with E-state index < -0.39 is 16.1 Å². The van der Waals surface area contributed by atoms with Crippen molar-refractivity contribution in [3.63, 3.8) is 0 Å². The van der Waals surface area contributed by atoms with Gasteiger partial charge in [-0.05, 0) is 6.92 Å². The van der Waals surface area contributed by atoms with E-state index in [-0.39, 0.29) is 24.6 Å². The van der Waals surface area contributed by atoms with Crippen molar-refractivity contribution in [1.29, 1.82) is 0 Å². The van der Waals surface area contributed by atoms with Crippen molar-refractivity contribution in [2.24, 2.45) is 0 Å². The van der Waals surface area contributed by atoms with Crippen LogP contribution in [0, 0.1) is 6.92 Å². The summed E-state index contributed by atoms with van der Waals surface area (Å²) >= 11 is 0. The Morgan fingerprint density at radius 3 is 2.95 bits per heavy atom. The van der Waals surface area contributed by atoms with Crippen molar-refractivity contribution >= 4 is 15.8 Å². The van der Waals surface area contributed by atoms with Crippen molar-refractivity contribution in [3.05, 3.63) is 30.0 Å². The number of hydrogen-bond acceptors (Lipinski definition) is 7. The van der Waals surface area contributed by atoms with Gasteiger partial charge in [0.1, 0.15) is 22.6 Å². The van der Waals surface area contributed by atoms with E-state index in [1.165, 1.54) is 16.7 Å². The molecular weight excluding hydrogens is 308 g/mol. The van der Waals surface area contributed by atoms with Gasteiger partial charge in [-0.15, -0.1) is 0 Å². The van der Waals surface area contributed by atoms with Crippen LogP contribution in [0.1, 0.15) is 17.6 Å². The standard InChI is InChI=1S/C12H16N6O3S/c1-8-16-10(4-12(13)17-8)11-7-18(2-3-21-11)22(19,20)9-5-14-15-6-9/h4-6,11H,2-3,7H2,1H3,(H,14,15)(H2,13,16,17). The van der Waals surface area contributed by atoms with Gasteiger partial charge < -0.3 is 10.5 Å². The van der Waals surface area contributed by atoms with E-state index in [2.05, 4.69) is 20.2 Å². The average Bonchev–Trinajstić information content (AvgIpc) is 3.01. The van der Waals surface area contributed by atoms with Gasteiger partial charge in [0.25, 0.3) is 0 Å². The summed E-state index contributed by atoms with van der Waals surface area (Å²) in [4.78, 5) is 8.42. The molecule has 0 bridgehead atoms. The molecule has 1 aliphatic heterocycles. The summed E-state index contributed by atoms with van der Waals surface area (Å²) in [5, 5.41) is 6.19. The maximum atomic E-state index is 12.5. The van der Waals surface area contributed by atoms with Crippen LogP contribution in [-0.4, -0.2) is 52.6 Å². The molecule has 1 atom stereocenters. The molecule has 9 nitrogen and oxygen atoms in total. The van der Waals surface area contributed by atoms with Gasteiger partial charge in [0.15, 0.2) is 0 Å². The predicted molar refractivity (Wildman–Crippen MR) is 77.2 cm³/mol. The summed E-state index contributed by atoms with van der Waals surface area (Å²) in [6.07, 6.45) is 2.17. The number of morpholine rings is 1. The summed E-state index contributed by atoms with van der Waals surface area (Å²) in [6.45, 7) is 2.46. The first-order valence-electron chi connectivity index (χ1n) is 6.68. The van der Waals surface area contributed by atoms with Crippen molar-refractivity contribution in [3.8, 4) is 0 Å². The zero-order chi connectivity index (χ0) is 15.7. The van der Waals surface area contributed by atoms with Crippen molar-refractivity contribution in [2.45, 2.75) is 17.9 Å². The number of hydrogen-bond donors (Lipinski definition) is 2. The molecule has 2 aromatic rings. The topological polar surface area (TPSA) is 127 Å². The minimum Gasteiger partial charge on any atom is -0.384 e. The lowest BCUT2D eigenvalue weighted by Gasteiger charge is -2.31. The Balaban J connectivity index is 1.86. The SMILES string of the molecule is Cc1nc(N)cc(C2CN(S(=O)(=O)c3cn[nH]c3)CCO2)n1. The summed E-state index contributed by atoms with van der Waals surface area (Å²) in [5.74, 6) is 0.856. The molecule has 22 heavy (non-hydrogen) atoms. The molecule has 2 aromatic heterocycles. The Hall–Kier alpha value is -2.04. The number of rotatable bonds is 3. The van der Waals surface area contributed by atoms with Crippen LogP contribution in [0.15, 0.2) is 23.4 Å². The van der Waals surface area contributed by atoms with E-state index in [4.69, 9.17) is 10.5 Å².